The third-order valence-corrected chi connectivity index (χ3v) is 11.5. The van der Waals surface area contributed by atoms with Crippen LogP contribution in [0.2, 0.25) is 0 Å². The lowest BCUT2D eigenvalue weighted by Crippen LogP contribution is -2.66. The van der Waals surface area contributed by atoms with Gasteiger partial charge in [0.05, 0.1) is 12.2 Å². The number of carbonyl (C=O) groups excluding carboxylic acids is 3. The number of Topliss-reactive ketones (excluding diaryl/α,β-unsaturated/α-hetero) is 1. The van der Waals surface area contributed by atoms with E-state index in [4.69, 9.17) is 9.47 Å². The molecular formula is C36H56O8. The van der Waals surface area contributed by atoms with Crippen molar-refractivity contribution in [1.82, 2.24) is 0 Å². The van der Waals surface area contributed by atoms with Gasteiger partial charge in [-0.1, -0.05) is 104 Å². The minimum atomic E-state index is -1.93. The molecule has 2 saturated carbocycles. The van der Waals surface area contributed by atoms with Gasteiger partial charge in [-0.25, -0.2) is 0 Å². The first-order valence-electron chi connectivity index (χ1n) is 17.1. The summed E-state index contributed by atoms with van der Waals surface area (Å²) in [6.45, 7) is 10.4. The molecule has 0 aromatic heterocycles. The largest absolute Gasteiger partial charge is 0.458 e. The Morgan fingerprint density at radius 3 is 2.07 bits per heavy atom. The van der Waals surface area contributed by atoms with Crippen LogP contribution in [-0.2, 0) is 23.9 Å². The lowest BCUT2D eigenvalue weighted by molar-refractivity contribution is -0.228. The summed E-state index contributed by atoms with van der Waals surface area (Å²) < 4.78 is 12.3. The summed E-state index contributed by atoms with van der Waals surface area (Å²) in [6, 6.07) is 0. The summed E-state index contributed by atoms with van der Waals surface area (Å²) in [5.41, 5.74) is -4.71. The number of fused-ring (bicyclic) bond motifs is 5. The van der Waals surface area contributed by atoms with Gasteiger partial charge in [-0.15, -0.1) is 0 Å². The number of rotatable bonds is 15. The molecule has 8 atom stereocenters. The first kappa shape index (κ1) is 34.8. The Balaban J connectivity index is 1.50. The molecule has 44 heavy (non-hydrogen) atoms. The zero-order valence-corrected chi connectivity index (χ0v) is 27.8. The van der Waals surface area contributed by atoms with E-state index < -0.39 is 63.7 Å². The molecule has 4 aliphatic carbocycles. The van der Waals surface area contributed by atoms with E-state index >= 15 is 0 Å². The van der Waals surface area contributed by atoms with Gasteiger partial charge in [-0.2, -0.15) is 0 Å². The van der Waals surface area contributed by atoms with Crippen LogP contribution in [0.5, 0.6) is 0 Å². The second-order valence-corrected chi connectivity index (χ2v) is 14.7. The van der Waals surface area contributed by atoms with Crippen LogP contribution in [0.25, 0.3) is 0 Å². The van der Waals surface area contributed by atoms with Crippen molar-refractivity contribution in [3.05, 3.63) is 23.3 Å². The summed E-state index contributed by atoms with van der Waals surface area (Å²) in [5.74, 6) is -4.30. The van der Waals surface area contributed by atoms with Gasteiger partial charge in [0.15, 0.2) is 11.4 Å². The average molecular weight is 617 g/mol. The zero-order chi connectivity index (χ0) is 32.5. The van der Waals surface area contributed by atoms with Gasteiger partial charge < -0.3 is 24.8 Å². The summed E-state index contributed by atoms with van der Waals surface area (Å²) in [5, 5.41) is 34.7. The number of hydrogen-bond acceptors (Lipinski definition) is 8. The van der Waals surface area contributed by atoms with E-state index in [1.807, 2.05) is 13.8 Å². The van der Waals surface area contributed by atoms with Crippen LogP contribution in [0.1, 0.15) is 125 Å². The van der Waals surface area contributed by atoms with Crippen molar-refractivity contribution < 1.29 is 39.2 Å². The molecule has 0 amide bonds. The number of carbonyl (C=O) groups is 3. The summed E-state index contributed by atoms with van der Waals surface area (Å²) >= 11 is 0. The molecule has 2 unspecified atom stereocenters. The van der Waals surface area contributed by atoms with Crippen LogP contribution >= 0.6 is 0 Å². The van der Waals surface area contributed by atoms with Gasteiger partial charge >= 0.3 is 11.9 Å². The highest BCUT2D eigenvalue weighted by Gasteiger charge is 2.87. The molecular weight excluding hydrogens is 560 g/mol. The van der Waals surface area contributed by atoms with Crippen LogP contribution in [0.15, 0.2) is 23.3 Å². The smallest absolute Gasteiger partial charge is 0.306 e. The van der Waals surface area contributed by atoms with E-state index in [9.17, 15) is 29.7 Å². The SMILES string of the molecule is CCCCCCCCCCCCCC(=O)OC12C(OC(C)=O)[C@@H](C)[C@@]3(O)[C@@H](C=C(CO)C[C@]4(O)C(=O)C(C)=C[C@@H]34)[C@@H]1C2(C)C. The number of ketones is 1. The Morgan fingerprint density at radius 2 is 1.52 bits per heavy atom. The minimum Gasteiger partial charge on any atom is -0.458 e. The molecule has 0 heterocycles. The number of hydrogen-bond donors (Lipinski definition) is 3. The van der Waals surface area contributed by atoms with Gasteiger partial charge in [-0.3, -0.25) is 14.4 Å². The minimum absolute atomic E-state index is 0.108. The first-order chi connectivity index (χ1) is 20.7. The molecule has 4 aliphatic rings. The summed E-state index contributed by atoms with van der Waals surface area (Å²) in [7, 11) is 0. The lowest BCUT2D eigenvalue weighted by Gasteiger charge is -2.53. The highest BCUT2D eigenvalue weighted by molar-refractivity contribution is 6.04. The van der Waals surface area contributed by atoms with Crippen molar-refractivity contribution in [2.24, 2.45) is 29.1 Å². The van der Waals surface area contributed by atoms with Gasteiger partial charge in [0.25, 0.3) is 0 Å². The van der Waals surface area contributed by atoms with E-state index in [1.54, 1.807) is 26.0 Å². The summed E-state index contributed by atoms with van der Waals surface area (Å²) in [4.78, 5) is 39.1. The van der Waals surface area contributed by atoms with Gasteiger partial charge in [0, 0.05) is 48.9 Å². The molecule has 0 radical (unpaired) electrons. The second-order valence-electron chi connectivity index (χ2n) is 14.7. The monoisotopic (exact) mass is 616 g/mol. The Morgan fingerprint density at radius 1 is 0.955 bits per heavy atom. The van der Waals surface area contributed by atoms with Crippen LogP contribution in [-0.4, -0.2) is 62.6 Å². The maximum atomic E-state index is 13.4. The highest BCUT2D eigenvalue weighted by Crippen LogP contribution is 2.77. The average Bonchev–Trinajstić information content (AvgIpc) is 3.39. The van der Waals surface area contributed by atoms with E-state index in [0.29, 0.717) is 17.6 Å². The molecule has 248 valence electrons. The zero-order valence-electron chi connectivity index (χ0n) is 27.8. The van der Waals surface area contributed by atoms with Crippen LogP contribution < -0.4 is 0 Å². The Kier molecular flexibility index (Phi) is 10.6. The third kappa shape index (κ3) is 5.84. The molecule has 8 heteroatoms. The quantitative estimate of drug-likeness (QED) is 0.120. The molecule has 0 aliphatic heterocycles. The fraction of sp³-hybridized carbons (Fsp3) is 0.806. The van der Waals surface area contributed by atoms with E-state index in [2.05, 4.69) is 6.92 Å². The van der Waals surface area contributed by atoms with Crippen molar-refractivity contribution in [3.8, 4) is 0 Å². The van der Waals surface area contributed by atoms with Gasteiger partial charge in [-0.05, 0) is 24.5 Å². The topological polar surface area (TPSA) is 130 Å². The number of esters is 2. The predicted molar refractivity (Wildman–Crippen MR) is 167 cm³/mol. The summed E-state index contributed by atoms with van der Waals surface area (Å²) in [6.07, 6.45) is 15.5. The Bertz CT molecular complexity index is 1150. The highest BCUT2D eigenvalue weighted by atomic mass is 16.6. The maximum absolute atomic E-state index is 13.4. The number of ether oxygens (including phenoxy) is 2. The molecule has 2 fully saturated rings. The second kappa shape index (κ2) is 13.4. The van der Waals surface area contributed by atoms with E-state index in [0.717, 1.165) is 19.3 Å². The first-order valence-corrected chi connectivity index (χ1v) is 17.1. The van der Waals surface area contributed by atoms with Crippen molar-refractivity contribution >= 4 is 17.7 Å². The Labute approximate surface area is 263 Å². The van der Waals surface area contributed by atoms with Crippen molar-refractivity contribution in [2.45, 2.75) is 148 Å². The van der Waals surface area contributed by atoms with Crippen LogP contribution in [0.3, 0.4) is 0 Å². The molecule has 0 saturated heterocycles. The molecule has 0 bridgehead atoms. The lowest BCUT2D eigenvalue weighted by atomic mass is 9.59. The Hall–Kier alpha value is -2.03. The van der Waals surface area contributed by atoms with Crippen molar-refractivity contribution in [3.63, 3.8) is 0 Å². The fourth-order valence-corrected chi connectivity index (χ4v) is 9.18. The maximum Gasteiger partial charge on any atom is 0.306 e. The van der Waals surface area contributed by atoms with Gasteiger partial charge in [0.1, 0.15) is 11.7 Å². The predicted octanol–water partition coefficient (Wildman–Crippen LogP) is 5.75. The molecule has 4 rings (SSSR count). The molecule has 0 aromatic rings. The number of aliphatic hydroxyl groups is 3. The number of unbranched alkanes of at least 4 members (excludes halogenated alkanes) is 10. The normalized spacial score (nSPS) is 36.8. The van der Waals surface area contributed by atoms with E-state index in [1.165, 1.54) is 51.9 Å². The third-order valence-electron chi connectivity index (χ3n) is 11.5. The molecule has 0 aromatic carbocycles. The number of aliphatic hydroxyl groups excluding tert-OH is 1. The van der Waals surface area contributed by atoms with Crippen LogP contribution in [0, 0.1) is 29.1 Å². The molecule has 3 N–H and O–H groups in total. The van der Waals surface area contributed by atoms with Gasteiger partial charge in [0.2, 0.25) is 0 Å². The standard InChI is InChI=1S/C36H56O8/c1-7-8-9-10-11-12-13-14-15-16-17-18-29(39)44-36-30(33(36,5)6)27-20-26(22-37)21-34(41)28(19-23(2)31(34)40)35(27,42)24(3)32(36)43-25(4)38/h19-20,24,27-28,30,32,37,41-42H,7-18,21-22H2,1-6H3/t24-,27+,28-,30-,32?,34-,35-,36?/m1/s1. The van der Waals surface area contributed by atoms with Crippen molar-refractivity contribution in [1.29, 1.82) is 0 Å². The molecule has 8 nitrogen and oxygen atoms in total. The van der Waals surface area contributed by atoms with E-state index in [-0.39, 0.29) is 25.4 Å². The van der Waals surface area contributed by atoms with Crippen molar-refractivity contribution in [2.75, 3.05) is 6.61 Å². The fourth-order valence-electron chi connectivity index (χ4n) is 9.18. The van der Waals surface area contributed by atoms with Crippen LogP contribution in [0.4, 0.5) is 0 Å². The molecule has 0 spiro atoms.